The lowest BCUT2D eigenvalue weighted by Gasteiger charge is -2.12. The van der Waals surface area contributed by atoms with Gasteiger partial charge in [0.15, 0.2) is 17.5 Å². The van der Waals surface area contributed by atoms with Gasteiger partial charge in [-0.2, -0.15) is 5.10 Å². The molecule has 0 saturated heterocycles. The van der Waals surface area contributed by atoms with E-state index in [-0.39, 0.29) is 17.4 Å². The van der Waals surface area contributed by atoms with Crippen LogP contribution >= 0.6 is 0 Å². The summed E-state index contributed by atoms with van der Waals surface area (Å²) in [6.07, 6.45) is 1.62. The molecule has 3 aromatic rings. The van der Waals surface area contributed by atoms with Crippen molar-refractivity contribution in [3.63, 3.8) is 0 Å². The van der Waals surface area contributed by atoms with E-state index < -0.39 is 17.5 Å². The van der Waals surface area contributed by atoms with Gasteiger partial charge in [-0.3, -0.25) is 9.48 Å². The van der Waals surface area contributed by atoms with Crippen molar-refractivity contribution in [2.75, 3.05) is 5.32 Å². The highest BCUT2D eigenvalue weighted by atomic mass is 19.2. The van der Waals surface area contributed by atoms with Crippen LogP contribution in [0.5, 0.6) is 0 Å². The largest absolute Gasteiger partial charge is 0.321 e. The highest BCUT2D eigenvalue weighted by Crippen LogP contribution is 2.31. The van der Waals surface area contributed by atoms with Gasteiger partial charge < -0.3 is 5.32 Å². The lowest BCUT2D eigenvalue weighted by atomic mass is 10.0. The number of carbonyl (C=O) groups is 1. The van der Waals surface area contributed by atoms with Crippen LogP contribution in [0, 0.1) is 17.5 Å². The monoisotopic (exact) mass is 373 g/mol. The molecule has 27 heavy (non-hydrogen) atoms. The van der Waals surface area contributed by atoms with Crippen molar-refractivity contribution in [3.05, 3.63) is 71.3 Å². The second-order valence-corrected chi connectivity index (χ2v) is 6.51. The Bertz CT molecular complexity index is 988. The average Bonchev–Trinajstić information content (AvgIpc) is 3.02. The summed E-state index contributed by atoms with van der Waals surface area (Å²) >= 11 is 0. The van der Waals surface area contributed by atoms with Crippen LogP contribution in [0.1, 0.15) is 35.8 Å². The third-order valence-electron chi connectivity index (χ3n) is 4.12. The molecule has 0 bridgehead atoms. The van der Waals surface area contributed by atoms with E-state index in [2.05, 4.69) is 10.4 Å². The highest BCUT2D eigenvalue weighted by Gasteiger charge is 2.20. The predicted octanol–water partition coefficient (Wildman–Crippen LogP) is 4.88. The van der Waals surface area contributed by atoms with E-state index in [1.807, 2.05) is 13.8 Å². The predicted molar refractivity (Wildman–Crippen MR) is 97.0 cm³/mol. The molecule has 140 valence electrons. The fourth-order valence-electron chi connectivity index (χ4n) is 2.85. The summed E-state index contributed by atoms with van der Waals surface area (Å²) in [6.45, 7) is 3.86. The maximum absolute atomic E-state index is 13.6. The van der Waals surface area contributed by atoms with E-state index in [1.165, 1.54) is 0 Å². The van der Waals surface area contributed by atoms with Crippen LogP contribution in [0.25, 0.3) is 11.1 Å². The molecule has 7 heteroatoms. The maximum atomic E-state index is 13.6. The second kappa shape index (κ2) is 7.26. The number of para-hydroxylation sites is 1. The number of aromatic nitrogens is 2. The Morgan fingerprint density at radius 2 is 1.74 bits per heavy atom. The molecular weight excluding hydrogens is 355 g/mol. The summed E-state index contributed by atoms with van der Waals surface area (Å²) in [6, 6.07) is 8.34. The minimum absolute atomic E-state index is 0.0440. The summed E-state index contributed by atoms with van der Waals surface area (Å²) < 4.78 is 42.0. The molecule has 2 aromatic carbocycles. The van der Waals surface area contributed by atoms with Crippen LogP contribution in [0.2, 0.25) is 0 Å². The number of carbonyl (C=O) groups excluding carboxylic acids is 1. The van der Waals surface area contributed by atoms with Crippen molar-refractivity contribution in [1.82, 2.24) is 9.78 Å². The Balaban J connectivity index is 1.99. The number of nitrogens with zero attached hydrogens (tertiary/aromatic N) is 2. The lowest BCUT2D eigenvalue weighted by molar-refractivity contribution is 0.102. The molecule has 0 radical (unpaired) electrons. The molecule has 0 spiro atoms. The molecule has 0 atom stereocenters. The van der Waals surface area contributed by atoms with Gasteiger partial charge in [-0.1, -0.05) is 32.0 Å². The zero-order valence-electron chi connectivity index (χ0n) is 15.1. The molecular formula is C20H18F3N3O. The first-order chi connectivity index (χ1) is 12.8. The number of rotatable bonds is 4. The van der Waals surface area contributed by atoms with Crippen molar-refractivity contribution in [2.45, 2.75) is 19.8 Å². The van der Waals surface area contributed by atoms with Crippen LogP contribution in [0.4, 0.5) is 18.9 Å². The molecule has 4 nitrogen and oxygen atoms in total. The summed E-state index contributed by atoms with van der Waals surface area (Å²) in [5.74, 6) is -4.46. The zero-order valence-corrected chi connectivity index (χ0v) is 15.1. The molecule has 3 rings (SSSR count). The lowest BCUT2D eigenvalue weighted by Crippen LogP contribution is -2.14. The Labute approximate surface area is 154 Å². The zero-order chi connectivity index (χ0) is 19.7. The van der Waals surface area contributed by atoms with Gasteiger partial charge in [0.1, 0.15) is 0 Å². The number of hydrogen-bond donors (Lipinski definition) is 1. The van der Waals surface area contributed by atoms with E-state index >= 15 is 0 Å². The topological polar surface area (TPSA) is 46.9 Å². The van der Waals surface area contributed by atoms with Gasteiger partial charge in [-0.25, -0.2) is 13.2 Å². The van der Waals surface area contributed by atoms with Gasteiger partial charge in [0.25, 0.3) is 5.91 Å². The fraction of sp³-hybridized carbons (Fsp3) is 0.200. The van der Waals surface area contributed by atoms with Crippen molar-refractivity contribution < 1.29 is 18.0 Å². The Hall–Kier alpha value is -3.09. The number of nitrogens with one attached hydrogen (secondary N) is 1. The number of amides is 1. The quantitative estimate of drug-likeness (QED) is 0.663. The molecule has 0 aliphatic rings. The first kappa shape index (κ1) is 18.7. The van der Waals surface area contributed by atoms with E-state index in [0.29, 0.717) is 22.5 Å². The Morgan fingerprint density at radius 1 is 1.11 bits per heavy atom. The van der Waals surface area contributed by atoms with Gasteiger partial charge in [0.05, 0.1) is 11.3 Å². The van der Waals surface area contributed by atoms with E-state index in [9.17, 15) is 18.0 Å². The molecule has 0 unspecified atom stereocenters. The number of benzene rings is 2. The van der Waals surface area contributed by atoms with Crippen LogP contribution < -0.4 is 5.32 Å². The normalized spacial score (nSPS) is 11.1. The van der Waals surface area contributed by atoms with Crippen molar-refractivity contribution >= 4 is 11.6 Å². The minimum atomic E-state index is -1.53. The summed E-state index contributed by atoms with van der Waals surface area (Å²) in [4.78, 5) is 12.8. The van der Waals surface area contributed by atoms with Gasteiger partial charge >= 0.3 is 0 Å². The standard InChI is InChI=1S/C20H18F3N3O/c1-11(2)19-14(10-26(3)25-19)20(27)24-17-7-5-4-6-13(17)12-8-15(21)18(23)16(22)9-12/h4-11H,1-3H3,(H,24,27). The molecule has 0 saturated carbocycles. The molecule has 1 amide bonds. The fourth-order valence-corrected chi connectivity index (χ4v) is 2.85. The first-order valence-corrected chi connectivity index (χ1v) is 8.36. The molecule has 1 heterocycles. The molecule has 1 aromatic heterocycles. The highest BCUT2D eigenvalue weighted by molar-refractivity contribution is 6.07. The number of aryl methyl sites for hydroxylation is 1. The molecule has 0 aliphatic carbocycles. The molecule has 1 N–H and O–H groups in total. The average molecular weight is 373 g/mol. The Morgan fingerprint density at radius 3 is 2.37 bits per heavy atom. The smallest absolute Gasteiger partial charge is 0.259 e. The minimum Gasteiger partial charge on any atom is -0.321 e. The number of halogens is 3. The van der Waals surface area contributed by atoms with Crippen LogP contribution in [-0.2, 0) is 7.05 Å². The summed E-state index contributed by atoms with van der Waals surface area (Å²) in [7, 11) is 1.72. The van der Waals surface area contributed by atoms with Gasteiger partial charge in [-0.05, 0) is 29.7 Å². The van der Waals surface area contributed by atoms with Crippen molar-refractivity contribution in [1.29, 1.82) is 0 Å². The Kier molecular flexibility index (Phi) is 5.03. The van der Waals surface area contributed by atoms with Gasteiger partial charge in [0.2, 0.25) is 0 Å². The van der Waals surface area contributed by atoms with E-state index in [0.717, 1.165) is 12.1 Å². The van der Waals surface area contributed by atoms with E-state index in [1.54, 1.807) is 42.2 Å². The van der Waals surface area contributed by atoms with Crippen LogP contribution in [0.15, 0.2) is 42.6 Å². The molecule has 0 aliphatic heterocycles. The van der Waals surface area contributed by atoms with Crippen molar-refractivity contribution in [3.8, 4) is 11.1 Å². The third-order valence-corrected chi connectivity index (χ3v) is 4.12. The van der Waals surface area contributed by atoms with E-state index in [4.69, 9.17) is 0 Å². The van der Waals surface area contributed by atoms with Crippen LogP contribution in [0.3, 0.4) is 0 Å². The first-order valence-electron chi connectivity index (χ1n) is 8.36. The number of anilines is 1. The SMILES string of the molecule is CC(C)c1nn(C)cc1C(=O)Nc1ccccc1-c1cc(F)c(F)c(F)c1. The van der Waals surface area contributed by atoms with Crippen molar-refractivity contribution in [2.24, 2.45) is 7.05 Å². The third kappa shape index (κ3) is 3.72. The second-order valence-electron chi connectivity index (χ2n) is 6.51. The summed E-state index contributed by atoms with van der Waals surface area (Å²) in [5.41, 5.74) is 1.91. The number of hydrogen-bond acceptors (Lipinski definition) is 2. The summed E-state index contributed by atoms with van der Waals surface area (Å²) in [5, 5.41) is 7.06. The maximum Gasteiger partial charge on any atom is 0.259 e. The van der Waals surface area contributed by atoms with Gasteiger partial charge in [0, 0.05) is 24.5 Å². The molecule has 0 fully saturated rings. The van der Waals surface area contributed by atoms with Gasteiger partial charge in [-0.15, -0.1) is 0 Å². The van der Waals surface area contributed by atoms with Crippen LogP contribution in [-0.4, -0.2) is 15.7 Å².